The maximum atomic E-state index is 13.3. The van der Waals surface area contributed by atoms with Gasteiger partial charge in [-0.1, -0.05) is 0 Å². The Balaban J connectivity index is 1.68. The molecule has 1 heterocycles. The van der Waals surface area contributed by atoms with Crippen LogP contribution in [-0.4, -0.2) is 58.2 Å². The number of amides is 2. The largest absolute Gasteiger partial charge is 0.451 e. The number of hydrogen-bond acceptors (Lipinski definition) is 5. The molecule has 0 saturated carbocycles. The van der Waals surface area contributed by atoms with Gasteiger partial charge in [0.1, 0.15) is 5.82 Å². The minimum absolute atomic E-state index is 0.137. The van der Waals surface area contributed by atoms with Crippen molar-refractivity contribution in [3.63, 3.8) is 0 Å². The molecule has 0 spiro atoms. The van der Waals surface area contributed by atoms with Crippen LogP contribution in [0, 0.1) is 5.82 Å². The average Bonchev–Trinajstić information content (AvgIpc) is 3.10. The van der Waals surface area contributed by atoms with E-state index in [1.54, 1.807) is 16.8 Å². The Bertz CT molecular complexity index is 1010. The van der Waals surface area contributed by atoms with Crippen LogP contribution >= 0.6 is 0 Å². The monoisotopic (exact) mass is 444 g/mol. The molecule has 1 aliphatic carbocycles. The maximum Gasteiger partial charge on any atom is 0.359 e. The molecule has 0 unspecified atom stereocenters. The third kappa shape index (κ3) is 5.72. The molecule has 2 amide bonds. The van der Waals surface area contributed by atoms with Crippen molar-refractivity contribution in [2.24, 2.45) is 0 Å². The van der Waals surface area contributed by atoms with Gasteiger partial charge in [-0.3, -0.25) is 9.59 Å². The summed E-state index contributed by atoms with van der Waals surface area (Å²) in [6.45, 7) is 4.92. The Morgan fingerprint density at radius 2 is 1.81 bits per heavy atom. The Morgan fingerprint density at radius 3 is 2.47 bits per heavy atom. The van der Waals surface area contributed by atoms with Crippen LogP contribution in [-0.2, 0) is 27.2 Å². The molecule has 0 radical (unpaired) electrons. The predicted molar refractivity (Wildman–Crippen MR) is 116 cm³/mol. The van der Waals surface area contributed by atoms with Crippen molar-refractivity contribution in [1.29, 1.82) is 0 Å². The van der Waals surface area contributed by atoms with E-state index in [1.165, 1.54) is 24.1 Å². The molecule has 0 atom stereocenters. The number of rotatable bonds is 6. The number of ether oxygens (including phenoxy) is 1. The molecule has 1 aromatic carbocycles. The molecular weight excluding hydrogens is 415 g/mol. The molecule has 9 heteroatoms. The quantitative estimate of drug-likeness (QED) is 0.691. The molecule has 0 fully saturated rings. The summed E-state index contributed by atoms with van der Waals surface area (Å²) in [5.74, 6) is -1.83. The summed E-state index contributed by atoms with van der Waals surface area (Å²) in [5.41, 5.74) is 2.12. The summed E-state index contributed by atoms with van der Waals surface area (Å²) < 4.78 is 20.2. The van der Waals surface area contributed by atoms with Gasteiger partial charge in [-0.25, -0.2) is 13.9 Å². The van der Waals surface area contributed by atoms with Crippen LogP contribution in [0.1, 0.15) is 55.4 Å². The molecule has 0 aliphatic heterocycles. The van der Waals surface area contributed by atoms with Crippen molar-refractivity contribution < 1.29 is 23.5 Å². The number of nitrogens with one attached hydrogen (secondary N) is 1. The summed E-state index contributed by atoms with van der Waals surface area (Å²) in [6, 6.07) is 5.89. The topological polar surface area (TPSA) is 93.5 Å². The van der Waals surface area contributed by atoms with Gasteiger partial charge in [-0.15, -0.1) is 0 Å². The number of aromatic nitrogens is 2. The molecule has 0 saturated heterocycles. The highest BCUT2D eigenvalue weighted by atomic mass is 19.1. The van der Waals surface area contributed by atoms with Crippen molar-refractivity contribution in [2.45, 2.75) is 52.0 Å². The number of carbonyl (C=O) groups is 3. The molecule has 172 valence electrons. The van der Waals surface area contributed by atoms with Crippen molar-refractivity contribution in [2.75, 3.05) is 20.2 Å². The van der Waals surface area contributed by atoms with Gasteiger partial charge < -0.3 is 15.0 Å². The summed E-state index contributed by atoms with van der Waals surface area (Å²) in [5, 5.41) is 7.21. The van der Waals surface area contributed by atoms with Gasteiger partial charge in [0.15, 0.2) is 12.3 Å². The predicted octanol–water partition coefficient (Wildman–Crippen LogP) is 2.42. The van der Waals surface area contributed by atoms with Crippen LogP contribution in [0.3, 0.4) is 0 Å². The zero-order valence-corrected chi connectivity index (χ0v) is 18.9. The molecule has 1 aromatic heterocycles. The van der Waals surface area contributed by atoms with E-state index in [-0.39, 0.29) is 24.0 Å². The van der Waals surface area contributed by atoms with E-state index in [2.05, 4.69) is 10.4 Å². The molecule has 32 heavy (non-hydrogen) atoms. The highest BCUT2D eigenvalue weighted by Gasteiger charge is 2.27. The van der Waals surface area contributed by atoms with Crippen LogP contribution in [0.25, 0.3) is 5.69 Å². The number of esters is 1. The van der Waals surface area contributed by atoms with Crippen LogP contribution < -0.4 is 5.32 Å². The average molecular weight is 445 g/mol. The van der Waals surface area contributed by atoms with E-state index >= 15 is 0 Å². The normalized spacial score (nSPS) is 13.3. The van der Waals surface area contributed by atoms with E-state index in [9.17, 15) is 18.8 Å². The summed E-state index contributed by atoms with van der Waals surface area (Å²) in [7, 11) is 1.48. The number of hydrogen-bond donors (Lipinski definition) is 1. The zero-order valence-electron chi connectivity index (χ0n) is 18.9. The number of likely N-dealkylation sites (N-methyl/N-ethyl adjacent to an activating group) is 1. The van der Waals surface area contributed by atoms with Gasteiger partial charge in [-0.2, -0.15) is 5.10 Å². The number of halogens is 1. The fourth-order valence-corrected chi connectivity index (χ4v) is 3.63. The van der Waals surface area contributed by atoms with Crippen LogP contribution in [0.4, 0.5) is 4.39 Å². The highest BCUT2D eigenvalue weighted by Crippen LogP contribution is 2.27. The molecule has 1 aliphatic rings. The number of carbonyl (C=O) groups excluding carboxylic acids is 3. The van der Waals surface area contributed by atoms with Gasteiger partial charge in [0, 0.05) is 23.8 Å². The third-order valence-corrected chi connectivity index (χ3v) is 5.09. The SMILES string of the molecule is CN(CC(=O)NC(C)(C)C)C(=O)COC(=O)c1nn(-c2ccc(F)cc2)c2c1CCCC2. The van der Waals surface area contributed by atoms with Crippen molar-refractivity contribution in [3.05, 3.63) is 47.0 Å². The second-order valence-electron chi connectivity index (χ2n) is 8.99. The lowest BCUT2D eigenvalue weighted by molar-refractivity contribution is -0.137. The maximum absolute atomic E-state index is 13.3. The van der Waals surface area contributed by atoms with Gasteiger partial charge in [0.25, 0.3) is 5.91 Å². The molecule has 2 aromatic rings. The lowest BCUT2D eigenvalue weighted by Crippen LogP contribution is -2.46. The standard InChI is InChI=1S/C23H29FN4O4/c1-23(2,3)25-19(29)13-27(4)20(30)14-32-22(31)21-17-7-5-6-8-18(17)28(26-21)16-11-9-15(24)10-12-16/h9-12H,5-8,13-14H2,1-4H3,(H,25,29). The zero-order chi connectivity index (χ0) is 23.5. The summed E-state index contributed by atoms with van der Waals surface area (Å²) in [4.78, 5) is 38.3. The smallest absolute Gasteiger partial charge is 0.359 e. The molecule has 8 nitrogen and oxygen atoms in total. The Morgan fingerprint density at radius 1 is 1.16 bits per heavy atom. The van der Waals surface area contributed by atoms with Crippen LogP contribution in [0.15, 0.2) is 24.3 Å². The molecular formula is C23H29FN4O4. The second kappa shape index (κ2) is 9.50. The van der Waals surface area contributed by atoms with E-state index in [1.807, 2.05) is 20.8 Å². The Kier molecular flexibility index (Phi) is 6.96. The first kappa shape index (κ1) is 23.4. The number of benzene rings is 1. The van der Waals surface area contributed by atoms with E-state index in [0.717, 1.165) is 30.5 Å². The second-order valence-corrected chi connectivity index (χ2v) is 8.99. The molecule has 3 rings (SSSR count). The minimum Gasteiger partial charge on any atom is -0.451 e. The lowest BCUT2D eigenvalue weighted by atomic mass is 9.95. The van der Waals surface area contributed by atoms with E-state index in [4.69, 9.17) is 4.74 Å². The fourth-order valence-electron chi connectivity index (χ4n) is 3.63. The van der Waals surface area contributed by atoms with E-state index in [0.29, 0.717) is 12.1 Å². The van der Waals surface area contributed by atoms with Crippen molar-refractivity contribution >= 4 is 17.8 Å². The fraction of sp³-hybridized carbons (Fsp3) is 0.478. The summed E-state index contributed by atoms with van der Waals surface area (Å²) >= 11 is 0. The first-order valence-electron chi connectivity index (χ1n) is 10.6. The van der Waals surface area contributed by atoms with Crippen LogP contribution in [0.5, 0.6) is 0 Å². The third-order valence-electron chi connectivity index (χ3n) is 5.09. The van der Waals surface area contributed by atoms with Gasteiger partial charge in [0.05, 0.1) is 12.2 Å². The molecule has 1 N–H and O–H groups in total. The summed E-state index contributed by atoms with van der Waals surface area (Å²) in [6.07, 6.45) is 3.32. The highest BCUT2D eigenvalue weighted by molar-refractivity contribution is 5.92. The van der Waals surface area contributed by atoms with Gasteiger partial charge >= 0.3 is 5.97 Å². The Hall–Kier alpha value is -3.23. The first-order valence-corrected chi connectivity index (χ1v) is 10.6. The minimum atomic E-state index is -0.690. The van der Waals surface area contributed by atoms with Gasteiger partial charge in [0.2, 0.25) is 5.91 Å². The van der Waals surface area contributed by atoms with E-state index < -0.39 is 24.0 Å². The van der Waals surface area contributed by atoms with Crippen LogP contribution in [0.2, 0.25) is 0 Å². The Labute approximate surface area is 186 Å². The first-order chi connectivity index (χ1) is 15.0. The van der Waals surface area contributed by atoms with Crippen molar-refractivity contribution in [1.82, 2.24) is 20.0 Å². The lowest BCUT2D eigenvalue weighted by Gasteiger charge is -2.23. The van der Waals surface area contributed by atoms with Gasteiger partial charge in [-0.05, 0) is 70.7 Å². The number of nitrogens with zero attached hydrogens (tertiary/aromatic N) is 3. The molecule has 0 bridgehead atoms. The number of fused-ring (bicyclic) bond motifs is 1. The van der Waals surface area contributed by atoms with Crippen molar-refractivity contribution in [3.8, 4) is 5.69 Å².